The Bertz CT molecular complexity index is 341. The van der Waals surface area contributed by atoms with E-state index in [0.717, 1.165) is 11.8 Å². The summed E-state index contributed by atoms with van der Waals surface area (Å²) in [4.78, 5) is 11.5. The second-order valence-electron chi connectivity index (χ2n) is 2.84. The van der Waals surface area contributed by atoms with Crippen molar-refractivity contribution < 1.29 is 9.18 Å². The van der Waals surface area contributed by atoms with Crippen molar-refractivity contribution >= 4 is 33.3 Å². The van der Waals surface area contributed by atoms with Crippen LogP contribution in [-0.4, -0.2) is 11.1 Å². The van der Waals surface area contributed by atoms with Gasteiger partial charge in [-0.3, -0.25) is 4.79 Å². The molecule has 0 fully saturated rings. The smallest absolute Gasteiger partial charge is 0.162 e. The SMILES string of the molecule is O=C(CCCBr)c1ccc(F)c(Cl)c1. The molecule has 1 aromatic carbocycles. The minimum Gasteiger partial charge on any atom is -0.294 e. The van der Waals surface area contributed by atoms with Gasteiger partial charge in [-0.15, -0.1) is 0 Å². The molecule has 0 radical (unpaired) electrons. The molecule has 0 bridgehead atoms. The van der Waals surface area contributed by atoms with E-state index in [4.69, 9.17) is 11.6 Å². The predicted molar refractivity (Wildman–Crippen MR) is 58.8 cm³/mol. The van der Waals surface area contributed by atoms with Crippen molar-refractivity contribution in [2.75, 3.05) is 5.33 Å². The van der Waals surface area contributed by atoms with Crippen LogP contribution in [0, 0.1) is 5.82 Å². The molecule has 0 aliphatic heterocycles. The second-order valence-corrected chi connectivity index (χ2v) is 4.04. The molecule has 1 rings (SSSR count). The Morgan fingerprint density at radius 1 is 1.50 bits per heavy atom. The fourth-order valence-corrected chi connectivity index (χ4v) is 1.50. The number of ketones is 1. The summed E-state index contributed by atoms with van der Waals surface area (Å²) in [5.41, 5.74) is 0.470. The van der Waals surface area contributed by atoms with Crippen LogP contribution < -0.4 is 0 Å². The summed E-state index contributed by atoms with van der Waals surface area (Å²) in [7, 11) is 0. The van der Waals surface area contributed by atoms with Crippen molar-refractivity contribution in [1.82, 2.24) is 0 Å². The zero-order chi connectivity index (χ0) is 10.6. The van der Waals surface area contributed by atoms with Gasteiger partial charge in [0.1, 0.15) is 5.82 Å². The summed E-state index contributed by atoms with van der Waals surface area (Å²) in [6, 6.07) is 4.04. The fraction of sp³-hybridized carbons (Fsp3) is 0.300. The maximum Gasteiger partial charge on any atom is 0.162 e. The van der Waals surface area contributed by atoms with Crippen LogP contribution in [0.25, 0.3) is 0 Å². The third kappa shape index (κ3) is 3.07. The second kappa shape index (κ2) is 5.47. The molecular formula is C10H9BrClFO. The van der Waals surface area contributed by atoms with Crippen LogP contribution in [0.15, 0.2) is 18.2 Å². The van der Waals surface area contributed by atoms with Gasteiger partial charge in [-0.1, -0.05) is 27.5 Å². The minimum absolute atomic E-state index is 0.00491. The third-order valence-electron chi connectivity index (χ3n) is 1.78. The minimum atomic E-state index is -0.497. The summed E-state index contributed by atoms with van der Waals surface area (Å²) in [5.74, 6) is -0.505. The first-order chi connectivity index (χ1) is 6.65. The van der Waals surface area contributed by atoms with Crippen LogP contribution in [0.2, 0.25) is 5.02 Å². The topological polar surface area (TPSA) is 17.1 Å². The maximum atomic E-state index is 12.8. The van der Waals surface area contributed by atoms with Crippen LogP contribution in [0.1, 0.15) is 23.2 Å². The largest absolute Gasteiger partial charge is 0.294 e. The zero-order valence-electron chi connectivity index (χ0n) is 7.40. The normalized spacial score (nSPS) is 10.2. The molecule has 0 heterocycles. The average Bonchev–Trinajstić information content (AvgIpc) is 2.18. The molecule has 0 atom stereocenters. The average molecular weight is 280 g/mol. The van der Waals surface area contributed by atoms with E-state index in [1.54, 1.807) is 0 Å². The van der Waals surface area contributed by atoms with E-state index in [1.807, 2.05) is 0 Å². The van der Waals surface area contributed by atoms with Crippen molar-refractivity contribution in [1.29, 1.82) is 0 Å². The molecule has 0 aliphatic carbocycles. The number of Topliss-reactive ketones (excluding diaryl/α,β-unsaturated/α-hetero) is 1. The zero-order valence-corrected chi connectivity index (χ0v) is 9.74. The molecule has 1 nitrogen and oxygen atoms in total. The summed E-state index contributed by atoms with van der Waals surface area (Å²) in [6.07, 6.45) is 1.22. The van der Waals surface area contributed by atoms with Gasteiger partial charge in [-0.25, -0.2) is 4.39 Å². The molecule has 14 heavy (non-hydrogen) atoms. The van der Waals surface area contributed by atoms with E-state index in [0.29, 0.717) is 12.0 Å². The van der Waals surface area contributed by atoms with Crippen molar-refractivity contribution in [2.24, 2.45) is 0 Å². The highest BCUT2D eigenvalue weighted by molar-refractivity contribution is 9.09. The van der Waals surface area contributed by atoms with Crippen molar-refractivity contribution in [3.8, 4) is 0 Å². The molecular weight excluding hydrogens is 270 g/mol. The van der Waals surface area contributed by atoms with Gasteiger partial charge in [0.05, 0.1) is 5.02 Å². The molecule has 0 aliphatic rings. The first-order valence-corrected chi connectivity index (χ1v) is 5.69. The molecule has 0 spiro atoms. The van der Waals surface area contributed by atoms with Crippen LogP contribution >= 0.6 is 27.5 Å². The highest BCUT2D eigenvalue weighted by Crippen LogP contribution is 2.17. The lowest BCUT2D eigenvalue weighted by Crippen LogP contribution is -1.99. The van der Waals surface area contributed by atoms with Gasteiger partial charge >= 0.3 is 0 Å². The molecule has 4 heteroatoms. The fourth-order valence-electron chi connectivity index (χ4n) is 1.04. The van der Waals surface area contributed by atoms with Gasteiger partial charge < -0.3 is 0 Å². The molecule has 0 N–H and O–H groups in total. The third-order valence-corrected chi connectivity index (χ3v) is 2.63. The molecule has 0 aromatic heterocycles. The number of halogens is 3. The Morgan fingerprint density at radius 2 is 2.21 bits per heavy atom. The maximum absolute atomic E-state index is 12.8. The number of benzene rings is 1. The lowest BCUT2D eigenvalue weighted by atomic mass is 10.1. The number of rotatable bonds is 4. The summed E-state index contributed by atoms with van der Waals surface area (Å²) in [6.45, 7) is 0. The highest BCUT2D eigenvalue weighted by atomic mass is 79.9. The predicted octanol–water partition coefficient (Wildman–Crippen LogP) is 3.84. The van der Waals surface area contributed by atoms with Gasteiger partial charge in [0.15, 0.2) is 5.78 Å². The number of alkyl halides is 1. The molecule has 76 valence electrons. The van der Waals surface area contributed by atoms with Gasteiger partial charge in [0.2, 0.25) is 0 Å². The molecule has 0 amide bonds. The van der Waals surface area contributed by atoms with Gasteiger partial charge in [-0.2, -0.15) is 0 Å². The van der Waals surface area contributed by atoms with E-state index < -0.39 is 5.82 Å². The molecule has 0 unspecified atom stereocenters. The van der Waals surface area contributed by atoms with E-state index >= 15 is 0 Å². The number of hydrogen-bond acceptors (Lipinski definition) is 1. The standard InChI is InChI=1S/C10H9BrClFO/c11-5-1-2-10(14)7-3-4-9(13)8(12)6-7/h3-4,6H,1-2,5H2. The first-order valence-electron chi connectivity index (χ1n) is 4.19. The van der Waals surface area contributed by atoms with Gasteiger partial charge in [-0.05, 0) is 24.6 Å². The summed E-state index contributed by atoms with van der Waals surface area (Å²) < 4.78 is 12.8. The Hall–Kier alpha value is -0.410. The van der Waals surface area contributed by atoms with E-state index in [9.17, 15) is 9.18 Å². The van der Waals surface area contributed by atoms with Crippen molar-refractivity contribution in [2.45, 2.75) is 12.8 Å². The lowest BCUT2D eigenvalue weighted by molar-refractivity contribution is 0.0982. The Morgan fingerprint density at radius 3 is 2.79 bits per heavy atom. The quantitative estimate of drug-likeness (QED) is 0.604. The molecule has 1 aromatic rings. The van der Waals surface area contributed by atoms with Gasteiger partial charge in [0.25, 0.3) is 0 Å². The number of carbonyl (C=O) groups is 1. The van der Waals surface area contributed by atoms with Crippen LogP contribution in [0.4, 0.5) is 4.39 Å². The first kappa shape index (κ1) is 11.7. The summed E-state index contributed by atoms with van der Waals surface area (Å²) in [5, 5.41) is 0.780. The molecule has 0 saturated carbocycles. The van der Waals surface area contributed by atoms with Crippen molar-refractivity contribution in [3.63, 3.8) is 0 Å². The van der Waals surface area contributed by atoms with Gasteiger partial charge in [0, 0.05) is 17.3 Å². The van der Waals surface area contributed by atoms with E-state index in [1.165, 1.54) is 18.2 Å². The highest BCUT2D eigenvalue weighted by Gasteiger charge is 2.07. The Labute approximate surface area is 95.4 Å². The Kier molecular flexibility index (Phi) is 4.55. The van der Waals surface area contributed by atoms with Crippen LogP contribution in [0.5, 0.6) is 0 Å². The van der Waals surface area contributed by atoms with Crippen LogP contribution in [0.3, 0.4) is 0 Å². The van der Waals surface area contributed by atoms with Crippen LogP contribution in [-0.2, 0) is 0 Å². The lowest BCUT2D eigenvalue weighted by Gasteiger charge is -2.00. The number of hydrogen-bond donors (Lipinski definition) is 0. The number of carbonyl (C=O) groups excluding carboxylic acids is 1. The Balaban J connectivity index is 2.76. The monoisotopic (exact) mass is 278 g/mol. The van der Waals surface area contributed by atoms with E-state index in [-0.39, 0.29) is 10.8 Å². The van der Waals surface area contributed by atoms with E-state index in [2.05, 4.69) is 15.9 Å². The summed E-state index contributed by atoms with van der Waals surface area (Å²) >= 11 is 8.79. The van der Waals surface area contributed by atoms with Crippen molar-refractivity contribution in [3.05, 3.63) is 34.6 Å². The molecule has 0 saturated heterocycles.